The number of hydrogen-bond acceptors (Lipinski definition) is 10. The van der Waals surface area contributed by atoms with E-state index in [1.165, 1.54) is 16.7 Å². The molecule has 1 aliphatic carbocycles. The van der Waals surface area contributed by atoms with Crippen LogP contribution in [0.25, 0.3) is 0 Å². The smallest absolute Gasteiger partial charge is 0.352 e. The van der Waals surface area contributed by atoms with Gasteiger partial charge in [0.05, 0.1) is 0 Å². The molecule has 2 saturated heterocycles. The van der Waals surface area contributed by atoms with Gasteiger partial charge in [-0.05, 0) is 62.3 Å². The predicted molar refractivity (Wildman–Crippen MR) is 162 cm³/mol. The van der Waals surface area contributed by atoms with E-state index in [1.807, 2.05) is 30.3 Å². The molecular formula is C29H30N6O6S2. The lowest BCUT2D eigenvalue weighted by Crippen LogP contribution is -2.71. The van der Waals surface area contributed by atoms with Crippen LogP contribution in [0, 0.1) is 0 Å². The molecule has 12 nitrogen and oxygen atoms in total. The van der Waals surface area contributed by atoms with Gasteiger partial charge in [0.25, 0.3) is 17.7 Å². The van der Waals surface area contributed by atoms with E-state index in [4.69, 9.17) is 10.6 Å². The number of amides is 3. The summed E-state index contributed by atoms with van der Waals surface area (Å²) in [5.41, 5.74) is 7.40. The Labute approximate surface area is 255 Å². The molecule has 1 aromatic heterocycles. The second kappa shape index (κ2) is 12.2. The van der Waals surface area contributed by atoms with Gasteiger partial charge in [0, 0.05) is 28.9 Å². The van der Waals surface area contributed by atoms with E-state index in [0.29, 0.717) is 24.1 Å². The van der Waals surface area contributed by atoms with E-state index >= 15 is 0 Å². The fourth-order valence-corrected chi connectivity index (χ4v) is 7.55. The van der Waals surface area contributed by atoms with Gasteiger partial charge in [-0.25, -0.2) is 9.78 Å². The van der Waals surface area contributed by atoms with E-state index in [2.05, 4.69) is 15.5 Å². The van der Waals surface area contributed by atoms with Crippen LogP contribution in [-0.4, -0.2) is 74.2 Å². The van der Waals surface area contributed by atoms with E-state index in [0.717, 1.165) is 49.1 Å². The molecule has 3 aliphatic heterocycles. The Morgan fingerprint density at radius 1 is 1.16 bits per heavy atom. The Balaban J connectivity index is 1.21. The van der Waals surface area contributed by atoms with Crippen LogP contribution in [0.5, 0.6) is 0 Å². The third kappa shape index (κ3) is 5.76. The number of nitrogens with zero attached hydrogens (tertiary/aromatic N) is 4. The fraction of sp³-hybridized carbons (Fsp3) is 0.379. The molecule has 1 aromatic carbocycles. The predicted octanol–water partition coefficient (Wildman–Crippen LogP) is 2.88. The van der Waals surface area contributed by atoms with Crippen LogP contribution < -0.4 is 16.0 Å². The molecule has 0 radical (unpaired) electrons. The number of allylic oxidation sites excluding steroid dienone is 1. The molecule has 4 heterocycles. The molecule has 3 amide bonds. The van der Waals surface area contributed by atoms with Crippen molar-refractivity contribution in [2.75, 3.05) is 22.9 Å². The van der Waals surface area contributed by atoms with Crippen molar-refractivity contribution in [1.82, 2.24) is 15.2 Å². The average Bonchev–Trinajstić information content (AvgIpc) is 3.69. The standard InChI is InChI=1S/C29H30N6O6S2/c30-29-31-20(15-43-29)21(33-41-19-10-4-5-11-19)24(36)32-22-26(38)35-23(28(39)40)17(14-42-27(22)35)13-16-7-6-12-34(25(16)37)18-8-2-1-3-9-18/h1-3,8-9,13,15,19,22,27H,4-7,10-12,14H2,(H2,30,31)(H,32,36)(H,39,40)/t22-,27-/m1/s1. The number of thiazole rings is 1. The van der Waals surface area contributed by atoms with Crippen LogP contribution in [0.2, 0.25) is 0 Å². The van der Waals surface area contributed by atoms with Gasteiger partial charge in [-0.2, -0.15) is 0 Å². The highest BCUT2D eigenvalue weighted by Gasteiger charge is 2.54. The second-order valence-corrected chi connectivity index (χ2v) is 12.6. The maximum absolute atomic E-state index is 13.3. The van der Waals surface area contributed by atoms with E-state index < -0.39 is 29.2 Å². The number of anilines is 2. The molecule has 2 aromatic rings. The summed E-state index contributed by atoms with van der Waals surface area (Å²) >= 11 is 2.47. The number of nitrogen functional groups attached to an aromatic ring is 1. The summed E-state index contributed by atoms with van der Waals surface area (Å²) in [5.74, 6) is -2.43. The minimum absolute atomic E-state index is 0.0925. The molecule has 43 heavy (non-hydrogen) atoms. The van der Waals surface area contributed by atoms with Gasteiger partial charge in [-0.3, -0.25) is 19.3 Å². The van der Waals surface area contributed by atoms with Crippen LogP contribution in [0.15, 0.2) is 63.8 Å². The number of carboxylic acid groups (broad SMARTS) is 1. The zero-order valence-corrected chi connectivity index (χ0v) is 24.7. The number of piperidine rings is 1. The number of carboxylic acids is 1. The number of carbonyl (C=O) groups excluding carboxylic acids is 3. The summed E-state index contributed by atoms with van der Waals surface area (Å²) in [6, 6.07) is 8.34. The molecule has 6 rings (SSSR count). The Kier molecular flexibility index (Phi) is 8.21. The van der Waals surface area contributed by atoms with Crippen molar-refractivity contribution in [3.05, 3.63) is 64.3 Å². The summed E-state index contributed by atoms with van der Waals surface area (Å²) in [6.07, 6.45) is 6.47. The number of aliphatic carboxylic acids is 1. The van der Waals surface area contributed by atoms with Crippen molar-refractivity contribution < 1.29 is 29.1 Å². The summed E-state index contributed by atoms with van der Waals surface area (Å²) in [4.78, 5) is 65.0. The largest absolute Gasteiger partial charge is 0.477 e. The molecule has 2 atom stereocenters. The van der Waals surface area contributed by atoms with Gasteiger partial charge in [0.15, 0.2) is 10.8 Å². The Hall–Kier alpha value is -4.17. The number of carbonyl (C=O) groups is 4. The normalized spacial score (nSPS) is 23.8. The van der Waals surface area contributed by atoms with Crippen molar-refractivity contribution >= 4 is 63.3 Å². The number of thioether (sulfide) groups is 1. The molecule has 1 saturated carbocycles. The fourth-order valence-electron chi connectivity index (χ4n) is 5.69. The number of benzene rings is 1. The Bertz CT molecular complexity index is 1550. The van der Waals surface area contributed by atoms with Crippen molar-refractivity contribution in [3.8, 4) is 0 Å². The van der Waals surface area contributed by atoms with Gasteiger partial charge in [-0.15, -0.1) is 23.1 Å². The van der Waals surface area contributed by atoms with Crippen LogP contribution in [0.1, 0.15) is 44.2 Å². The van der Waals surface area contributed by atoms with E-state index in [-0.39, 0.29) is 40.0 Å². The molecule has 224 valence electrons. The summed E-state index contributed by atoms with van der Waals surface area (Å²) in [7, 11) is 0. The zero-order chi connectivity index (χ0) is 30.1. The SMILES string of the molecule is Nc1nc(C(=NOC2CCCC2)C(=O)N[C@@H]2C(=O)N3C(C(=O)O)=C(C=C4CCCN(c5ccccc5)C4=O)CS[C@H]23)cs1. The van der Waals surface area contributed by atoms with Gasteiger partial charge in [-0.1, -0.05) is 23.4 Å². The third-order valence-electron chi connectivity index (χ3n) is 7.83. The highest BCUT2D eigenvalue weighted by Crippen LogP contribution is 2.41. The molecule has 4 N–H and O–H groups in total. The number of para-hydroxylation sites is 1. The maximum Gasteiger partial charge on any atom is 0.352 e. The lowest BCUT2D eigenvalue weighted by atomic mass is 9.97. The summed E-state index contributed by atoms with van der Waals surface area (Å²) in [6.45, 7) is 0.568. The van der Waals surface area contributed by atoms with Crippen molar-refractivity contribution in [1.29, 1.82) is 0 Å². The molecule has 3 fully saturated rings. The molecular weight excluding hydrogens is 592 g/mol. The first-order chi connectivity index (χ1) is 20.8. The van der Waals surface area contributed by atoms with E-state index in [9.17, 15) is 24.3 Å². The Morgan fingerprint density at radius 3 is 2.63 bits per heavy atom. The second-order valence-electron chi connectivity index (χ2n) is 10.6. The van der Waals surface area contributed by atoms with Crippen LogP contribution in [0.3, 0.4) is 0 Å². The zero-order valence-electron chi connectivity index (χ0n) is 23.1. The van der Waals surface area contributed by atoms with E-state index in [1.54, 1.807) is 16.4 Å². The Morgan fingerprint density at radius 2 is 1.93 bits per heavy atom. The molecule has 4 aliphatic rings. The number of aromatic nitrogens is 1. The monoisotopic (exact) mass is 622 g/mol. The molecule has 0 spiro atoms. The topological polar surface area (TPSA) is 168 Å². The van der Waals surface area contributed by atoms with Gasteiger partial charge >= 0.3 is 5.97 Å². The van der Waals surface area contributed by atoms with Crippen LogP contribution in [-0.2, 0) is 24.0 Å². The maximum atomic E-state index is 13.3. The number of β-lactam (4-membered cyclic amide) rings is 1. The summed E-state index contributed by atoms with van der Waals surface area (Å²) < 4.78 is 0. The minimum atomic E-state index is -1.27. The van der Waals surface area contributed by atoms with Crippen LogP contribution >= 0.6 is 23.1 Å². The quantitative estimate of drug-likeness (QED) is 0.174. The van der Waals surface area contributed by atoms with Crippen LogP contribution in [0.4, 0.5) is 10.8 Å². The van der Waals surface area contributed by atoms with Gasteiger partial charge < -0.3 is 25.9 Å². The number of nitrogens with two attached hydrogens (primary N) is 1. The number of nitrogens with one attached hydrogen (secondary N) is 1. The van der Waals surface area contributed by atoms with Gasteiger partial charge in [0.2, 0.25) is 0 Å². The lowest BCUT2D eigenvalue weighted by molar-refractivity contribution is -0.150. The van der Waals surface area contributed by atoms with Crippen molar-refractivity contribution in [3.63, 3.8) is 0 Å². The van der Waals surface area contributed by atoms with Crippen molar-refractivity contribution in [2.45, 2.75) is 56.0 Å². The number of hydrogen-bond donors (Lipinski definition) is 3. The first kappa shape index (κ1) is 28.9. The third-order valence-corrected chi connectivity index (χ3v) is 9.80. The highest BCUT2D eigenvalue weighted by atomic mass is 32.2. The first-order valence-electron chi connectivity index (χ1n) is 14.1. The number of fused-ring (bicyclic) bond motifs is 1. The first-order valence-corrected chi connectivity index (χ1v) is 16.0. The number of rotatable bonds is 8. The molecule has 0 bridgehead atoms. The minimum Gasteiger partial charge on any atom is -0.477 e. The number of oxime groups is 1. The summed E-state index contributed by atoms with van der Waals surface area (Å²) in [5, 5.41) is 18.1. The molecule has 0 unspecified atom stereocenters. The highest BCUT2D eigenvalue weighted by molar-refractivity contribution is 8.00. The molecule has 14 heteroatoms. The van der Waals surface area contributed by atoms with Crippen molar-refractivity contribution in [2.24, 2.45) is 5.16 Å². The lowest BCUT2D eigenvalue weighted by Gasteiger charge is -2.49. The van der Waals surface area contributed by atoms with Gasteiger partial charge in [0.1, 0.15) is 28.9 Å². The average molecular weight is 623 g/mol.